The molecule has 1 aromatic heterocycles. The highest BCUT2D eigenvalue weighted by atomic mass is 35.5. The molecule has 0 spiro atoms. The Morgan fingerprint density at radius 2 is 2.00 bits per heavy atom. The number of hydrogen-bond acceptors (Lipinski definition) is 6. The summed E-state index contributed by atoms with van der Waals surface area (Å²) in [6.45, 7) is 1.44. The summed E-state index contributed by atoms with van der Waals surface area (Å²) < 4.78 is 43.6. The van der Waals surface area contributed by atoms with Gasteiger partial charge in [0.1, 0.15) is 16.1 Å². The van der Waals surface area contributed by atoms with Crippen molar-refractivity contribution in [3.05, 3.63) is 70.3 Å². The number of sulfonamides is 1. The Kier molecular flexibility index (Phi) is 8.44. The van der Waals surface area contributed by atoms with E-state index in [1.54, 1.807) is 12.1 Å². The molecule has 0 aliphatic carbocycles. The minimum atomic E-state index is -3.93. The molecule has 1 saturated heterocycles. The van der Waals surface area contributed by atoms with Crippen molar-refractivity contribution in [3.8, 4) is 11.1 Å². The molecule has 4 rings (SSSR count). The van der Waals surface area contributed by atoms with E-state index in [2.05, 4.69) is 4.72 Å². The van der Waals surface area contributed by atoms with Gasteiger partial charge in [-0.15, -0.1) is 11.3 Å². The number of benzene rings is 2. The van der Waals surface area contributed by atoms with Crippen LogP contribution in [-0.2, 0) is 21.4 Å². The van der Waals surface area contributed by atoms with Crippen molar-refractivity contribution in [1.29, 1.82) is 0 Å². The van der Waals surface area contributed by atoms with Crippen molar-refractivity contribution in [1.82, 2.24) is 9.62 Å². The molecule has 1 fully saturated rings. The van der Waals surface area contributed by atoms with Crippen LogP contribution in [0.15, 0.2) is 58.8 Å². The number of aliphatic hydroxyl groups excluding tert-OH is 1. The number of nitrogens with one attached hydrogen (secondary N) is 1. The van der Waals surface area contributed by atoms with E-state index in [1.807, 2.05) is 36.2 Å². The van der Waals surface area contributed by atoms with Gasteiger partial charge in [0.25, 0.3) is 10.0 Å². The Hall–Kier alpha value is -2.34. The van der Waals surface area contributed by atoms with E-state index < -0.39 is 27.8 Å². The highest BCUT2D eigenvalue weighted by molar-refractivity contribution is 7.91. The average Bonchev–Trinajstić information content (AvgIpc) is 3.28. The van der Waals surface area contributed by atoms with Gasteiger partial charge in [-0.25, -0.2) is 12.8 Å². The van der Waals surface area contributed by atoms with Gasteiger partial charge >= 0.3 is 0 Å². The van der Waals surface area contributed by atoms with Gasteiger partial charge in [-0.05, 0) is 60.8 Å². The van der Waals surface area contributed by atoms with Gasteiger partial charge in [-0.2, -0.15) is 4.72 Å². The lowest BCUT2D eigenvalue weighted by Gasteiger charge is -2.32. The van der Waals surface area contributed by atoms with Crippen molar-refractivity contribution in [3.63, 3.8) is 0 Å². The molecule has 36 heavy (non-hydrogen) atoms. The quantitative estimate of drug-likeness (QED) is 0.418. The first kappa shape index (κ1) is 26.7. The standard InChI is InChI=1S/C25H27ClFN3O4S2/c1-29(13-14-31)16-18-5-2-3-6-19(18)17-8-9-22(20(27)15-17)30-12-4-7-21(25(30)32)28-36(33,34)24-11-10-23(26)35-24/h2-3,5-6,8-11,15,21,28,31H,4,7,12-14,16H2,1H3. The molecule has 0 radical (unpaired) electrons. The van der Waals surface area contributed by atoms with Crippen LogP contribution in [-0.4, -0.2) is 57.1 Å². The molecule has 2 aromatic carbocycles. The summed E-state index contributed by atoms with van der Waals surface area (Å²) in [6.07, 6.45) is 0.841. The first-order chi connectivity index (χ1) is 17.2. The lowest BCUT2D eigenvalue weighted by molar-refractivity contribution is -0.121. The highest BCUT2D eigenvalue weighted by Crippen LogP contribution is 2.32. The van der Waals surface area contributed by atoms with Crippen LogP contribution in [0.25, 0.3) is 11.1 Å². The zero-order chi connectivity index (χ0) is 25.9. The smallest absolute Gasteiger partial charge is 0.250 e. The van der Waals surface area contributed by atoms with E-state index in [0.29, 0.717) is 42.4 Å². The molecule has 2 heterocycles. The monoisotopic (exact) mass is 551 g/mol. The maximum absolute atomic E-state index is 15.4. The molecule has 1 aliphatic rings. The summed E-state index contributed by atoms with van der Waals surface area (Å²) >= 11 is 6.77. The predicted molar refractivity (Wildman–Crippen MR) is 140 cm³/mol. The van der Waals surface area contributed by atoms with E-state index in [4.69, 9.17) is 11.6 Å². The minimum absolute atomic E-state index is 0.0243. The maximum atomic E-state index is 15.4. The van der Waals surface area contributed by atoms with Crippen molar-refractivity contribution >= 4 is 44.6 Å². The number of rotatable bonds is 9. The highest BCUT2D eigenvalue weighted by Gasteiger charge is 2.34. The number of amides is 1. The van der Waals surface area contributed by atoms with Crippen molar-refractivity contribution in [2.24, 2.45) is 0 Å². The summed E-state index contributed by atoms with van der Waals surface area (Å²) in [5.74, 6) is -1.06. The van der Waals surface area contributed by atoms with Crippen molar-refractivity contribution in [2.45, 2.75) is 29.6 Å². The molecule has 1 aliphatic heterocycles. The van der Waals surface area contributed by atoms with Crippen LogP contribution in [0.2, 0.25) is 4.34 Å². The second-order valence-electron chi connectivity index (χ2n) is 8.65. The Labute approximate surface area is 219 Å². The molecule has 3 aromatic rings. The molecule has 2 N–H and O–H groups in total. The maximum Gasteiger partial charge on any atom is 0.250 e. The normalized spacial score (nSPS) is 16.6. The van der Waals surface area contributed by atoms with Crippen molar-refractivity contribution < 1.29 is 22.7 Å². The average molecular weight is 552 g/mol. The van der Waals surface area contributed by atoms with Crippen molar-refractivity contribution in [2.75, 3.05) is 31.6 Å². The second-order valence-corrected chi connectivity index (χ2v) is 12.3. The van der Waals surface area contributed by atoms with E-state index in [0.717, 1.165) is 22.5 Å². The number of carbonyl (C=O) groups excluding carboxylic acids is 1. The number of hydrogen-bond donors (Lipinski definition) is 2. The van der Waals surface area contributed by atoms with Gasteiger partial charge in [-0.1, -0.05) is 41.9 Å². The molecule has 1 unspecified atom stereocenters. The van der Waals surface area contributed by atoms with E-state index >= 15 is 4.39 Å². The van der Waals surface area contributed by atoms with Gasteiger partial charge in [0, 0.05) is 19.6 Å². The van der Waals surface area contributed by atoms with Gasteiger partial charge in [-0.3, -0.25) is 9.69 Å². The third-order valence-electron chi connectivity index (χ3n) is 6.04. The van der Waals surface area contributed by atoms with Crippen LogP contribution in [0, 0.1) is 5.82 Å². The topological polar surface area (TPSA) is 89.9 Å². The second kappa shape index (κ2) is 11.4. The third-order valence-corrected chi connectivity index (χ3v) is 9.23. The summed E-state index contributed by atoms with van der Waals surface area (Å²) in [5.41, 5.74) is 2.62. The number of carbonyl (C=O) groups is 1. The van der Waals surface area contributed by atoms with Crippen LogP contribution in [0.4, 0.5) is 10.1 Å². The Morgan fingerprint density at radius 3 is 2.69 bits per heavy atom. The zero-order valence-corrected chi connectivity index (χ0v) is 22.0. The number of piperidine rings is 1. The Balaban J connectivity index is 1.55. The summed E-state index contributed by atoms with van der Waals surface area (Å²) in [6, 6.07) is 14.3. The lowest BCUT2D eigenvalue weighted by atomic mass is 9.98. The fourth-order valence-corrected chi connectivity index (χ4v) is 7.01. The van der Waals surface area contributed by atoms with Gasteiger partial charge < -0.3 is 10.0 Å². The van der Waals surface area contributed by atoms with E-state index in [-0.39, 0.29) is 16.5 Å². The van der Waals surface area contributed by atoms with Gasteiger partial charge in [0.05, 0.1) is 16.6 Å². The summed E-state index contributed by atoms with van der Waals surface area (Å²) in [7, 11) is -2.03. The van der Waals surface area contributed by atoms with Crippen LogP contribution in [0.1, 0.15) is 18.4 Å². The van der Waals surface area contributed by atoms with Crippen LogP contribution < -0.4 is 9.62 Å². The first-order valence-corrected chi connectivity index (χ1v) is 14.1. The molecule has 0 saturated carbocycles. The molecule has 1 atom stereocenters. The van der Waals surface area contributed by atoms with Gasteiger partial charge in [0.15, 0.2) is 0 Å². The largest absolute Gasteiger partial charge is 0.395 e. The molecule has 1 amide bonds. The molecule has 7 nitrogen and oxygen atoms in total. The Morgan fingerprint density at radius 1 is 1.22 bits per heavy atom. The SMILES string of the molecule is CN(CCO)Cc1ccccc1-c1ccc(N2CCCC(NS(=O)(=O)c3ccc(Cl)s3)C2=O)c(F)c1. The number of aliphatic hydroxyl groups is 1. The molecule has 192 valence electrons. The number of halogens is 2. The number of thiophene rings is 1. The molecular weight excluding hydrogens is 525 g/mol. The number of nitrogens with zero attached hydrogens (tertiary/aromatic N) is 2. The minimum Gasteiger partial charge on any atom is -0.395 e. The van der Waals surface area contributed by atoms with E-state index in [9.17, 15) is 18.3 Å². The van der Waals surface area contributed by atoms with E-state index in [1.165, 1.54) is 23.1 Å². The molecular formula is C25H27ClFN3O4S2. The lowest BCUT2D eigenvalue weighted by Crippen LogP contribution is -2.52. The van der Waals surface area contributed by atoms with Crippen LogP contribution >= 0.6 is 22.9 Å². The third kappa shape index (κ3) is 5.96. The summed E-state index contributed by atoms with van der Waals surface area (Å²) in [4.78, 5) is 16.4. The Bertz CT molecular complexity index is 1350. The number of likely N-dealkylation sites (N-methyl/N-ethyl adjacent to an activating group) is 1. The zero-order valence-electron chi connectivity index (χ0n) is 19.7. The van der Waals surface area contributed by atoms with Crippen LogP contribution in [0.5, 0.6) is 0 Å². The molecule has 11 heteroatoms. The first-order valence-electron chi connectivity index (χ1n) is 11.5. The number of anilines is 1. The fourth-order valence-electron chi connectivity index (χ4n) is 4.28. The van der Waals surface area contributed by atoms with Gasteiger partial charge in [0.2, 0.25) is 5.91 Å². The van der Waals surface area contributed by atoms with Crippen LogP contribution in [0.3, 0.4) is 0 Å². The summed E-state index contributed by atoms with van der Waals surface area (Å²) in [5, 5.41) is 9.19. The molecule has 0 bridgehead atoms. The fraction of sp³-hybridized carbons (Fsp3) is 0.320. The predicted octanol–water partition coefficient (Wildman–Crippen LogP) is 4.11.